The van der Waals surface area contributed by atoms with Gasteiger partial charge in [-0.3, -0.25) is 9.59 Å². The number of likely N-dealkylation sites (tertiary alicyclic amines) is 2. The minimum atomic E-state index is 0.0393. The summed E-state index contributed by atoms with van der Waals surface area (Å²) in [6.07, 6.45) is 5.28. The van der Waals surface area contributed by atoms with E-state index in [1.54, 1.807) is 0 Å². The van der Waals surface area contributed by atoms with E-state index in [0.29, 0.717) is 0 Å². The lowest BCUT2D eigenvalue weighted by molar-refractivity contribution is -0.125. The summed E-state index contributed by atoms with van der Waals surface area (Å²) in [7, 11) is 0. The summed E-state index contributed by atoms with van der Waals surface area (Å²) >= 11 is 0. The van der Waals surface area contributed by atoms with E-state index >= 15 is 0 Å². The normalized spacial score (nSPS) is 26.9. The Morgan fingerprint density at radius 3 is 2.08 bits per heavy atom. The number of benzene rings is 2. The average Bonchev–Trinajstić information content (AvgIpc) is 3.54. The van der Waals surface area contributed by atoms with Crippen LogP contribution in [0.25, 0.3) is 0 Å². The summed E-state index contributed by atoms with van der Waals surface area (Å²) in [5.74, 6) is 0.581. The Kier molecular flexibility index (Phi) is 7.19. The van der Waals surface area contributed by atoms with Crippen molar-refractivity contribution >= 4 is 11.8 Å². The van der Waals surface area contributed by atoms with Crippen molar-refractivity contribution in [3.05, 3.63) is 70.8 Å². The van der Waals surface area contributed by atoms with E-state index < -0.39 is 0 Å². The molecule has 3 fully saturated rings. The largest absolute Gasteiger partial charge is 0.349 e. The molecule has 2 unspecified atom stereocenters. The summed E-state index contributed by atoms with van der Waals surface area (Å²) in [6.45, 7) is 13.3. The number of carbonyl (C=O) groups excluding carboxylic acids is 2. The van der Waals surface area contributed by atoms with Crippen LogP contribution in [-0.2, 0) is 4.79 Å². The second-order valence-corrected chi connectivity index (χ2v) is 12.5. The first-order valence-corrected chi connectivity index (χ1v) is 14.1. The second-order valence-electron chi connectivity index (χ2n) is 12.5. The molecule has 5 heteroatoms. The predicted octanol–water partition coefficient (Wildman–Crippen LogP) is 5.53. The first-order chi connectivity index (χ1) is 17.7. The smallest absolute Gasteiger partial charge is 0.254 e. The maximum Gasteiger partial charge on any atom is 0.254 e. The monoisotopic (exact) mass is 501 g/mol. The molecule has 0 aromatic heterocycles. The van der Waals surface area contributed by atoms with Gasteiger partial charge < -0.3 is 15.1 Å². The third-order valence-electron chi connectivity index (χ3n) is 9.64. The summed E-state index contributed by atoms with van der Waals surface area (Å²) < 4.78 is 0. The zero-order valence-corrected chi connectivity index (χ0v) is 23.1. The molecule has 0 radical (unpaired) electrons. The van der Waals surface area contributed by atoms with Crippen molar-refractivity contribution in [3.63, 3.8) is 0 Å². The van der Waals surface area contributed by atoms with Crippen molar-refractivity contribution in [1.29, 1.82) is 0 Å². The van der Waals surface area contributed by atoms with Crippen LogP contribution >= 0.6 is 0 Å². The van der Waals surface area contributed by atoms with Gasteiger partial charge in [0.15, 0.2) is 0 Å². The highest BCUT2D eigenvalue weighted by Gasteiger charge is 2.58. The molecule has 2 aromatic carbocycles. The first-order valence-electron chi connectivity index (χ1n) is 14.1. The molecule has 5 rings (SSSR count). The first kappa shape index (κ1) is 26.0. The molecule has 1 aliphatic carbocycles. The van der Waals surface area contributed by atoms with E-state index in [-0.39, 0.29) is 34.6 Å². The minimum Gasteiger partial charge on any atom is -0.349 e. The quantitative estimate of drug-likeness (QED) is 0.543. The SMILES string of the molecule is Cc1cccc(C)c1C(=O)N1CC2(C)CN(CCC(NC(=O)C3CCCC3)c3ccccc3)C[C@@]2(C)C1. The van der Waals surface area contributed by atoms with Gasteiger partial charge in [0.25, 0.3) is 5.91 Å². The van der Waals surface area contributed by atoms with Crippen LogP contribution in [0, 0.1) is 30.6 Å². The number of hydrogen-bond acceptors (Lipinski definition) is 3. The van der Waals surface area contributed by atoms with E-state index in [0.717, 1.165) is 68.7 Å². The maximum absolute atomic E-state index is 13.5. The fourth-order valence-corrected chi connectivity index (χ4v) is 7.21. The summed E-state index contributed by atoms with van der Waals surface area (Å²) in [6, 6.07) is 16.6. The third kappa shape index (κ3) is 5.07. The van der Waals surface area contributed by atoms with Crippen LogP contribution < -0.4 is 5.32 Å². The van der Waals surface area contributed by atoms with E-state index in [4.69, 9.17) is 0 Å². The molecule has 3 atom stereocenters. The zero-order valence-electron chi connectivity index (χ0n) is 23.1. The molecule has 1 saturated carbocycles. The molecule has 2 amide bonds. The summed E-state index contributed by atoms with van der Waals surface area (Å²) in [4.78, 5) is 31.2. The van der Waals surface area contributed by atoms with Crippen LogP contribution in [0.1, 0.15) is 79.0 Å². The Balaban J connectivity index is 1.24. The van der Waals surface area contributed by atoms with Gasteiger partial charge in [-0.05, 0) is 49.8 Å². The van der Waals surface area contributed by atoms with Crippen molar-refractivity contribution in [2.24, 2.45) is 16.7 Å². The van der Waals surface area contributed by atoms with Crippen LogP contribution in [0.3, 0.4) is 0 Å². The van der Waals surface area contributed by atoms with Crippen LogP contribution in [0.15, 0.2) is 48.5 Å². The maximum atomic E-state index is 13.5. The number of carbonyl (C=O) groups is 2. The Labute approximate surface area is 222 Å². The van der Waals surface area contributed by atoms with Crippen LogP contribution in [0.4, 0.5) is 0 Å². The Morgan fingerprint density at radius 2 is 1.49 bits per heavy atom. The lowest BCUT2D eigenvalue weighted by Gasteiger charge is -2.30. The zero-order chi connectivity index (χ0) is 26.2. The number of aryl methyl sites for hydroxylation is 2. The lowest BCUT2D eigenvalue weighted by Crippen LogP contribution is -2.38. The van der Waals surface area contributed by atoms with E-state index in [1.807, 2.05) is 38.1 Å². The standard InChI is InChI=1S/C32H43N3O2/c1-23-11-10-12-24(2)28(23)30(37)35-21-31(3)19-34(20-32(31,4)22-35)18-17-27(25-13-6-5-7-14-25)33-29(36)26-15-8-9-16-26/h5-7,10-14,26-27H,8-9,15-22H2,1-4H3,(H,33,36)/t27?,31-,32?/m0/s1. The molecule has 2 heterocycles. The lowest BCUT2D eigenvalue weighted by atomic mass is 9.71. The van der Waals surface area contributed by atoms with Crippen molar-refractivity contribution in [2.75, 3.05) is 32.7 Å². The highest BCUT2D eigenvalue weighted by molar-refractivity contribution is 5.97. The van der Waals surface area contributed by atoms with Gasteiger partial charge in [-0.2, -0.15) is 0 Å². The molecule has 198 valence electrons. The van der Waals surface area contributed by atoms with Gasteiger partial charge in [0.05, 0.1) is 6.04 Å². The fourth-order valence-electron chi connectivity index (χ4n) is 7.21. The topological polar surface area (TPSA) is 52.7 Å². The van der Waals surface area contributed by atoms with E-state index in [9.17, 15) is 9.59 Å². The second kappa shape index (κ2) is 10.2. The van der Waals surface area contributed by atoms with Gasteiger partial charge in [0.1, 0.15) is 0 Å². The number of nitrogens with one attached hydrogen (secondary N) is 1. The van der Waals surface area contributed by atoms with Gasteiger partial charge in [-0.1, -0.05) is 75.2 Å². The molecular weight excluding hydrogens is 458 g/mol. The molecule has 2 saturated heterocycles. The van der Waals surface area contributed by atoms with Crippen molar-refractivity contribution < 1.29 is 9.59 Å². The Morgan fingerprint density at radius 1 is 0.892 bits per heavy atom. The molecule has 2 aromatic rings. The third-order valence-corrected chi connectivity index (χ3v) is 9.64. The highest BCUT2D eigenvalue weighted by Crippen LogP contribution is 2.52. The van der Waals surface area contributed by atoms with Crippen molar-refractivity contribution in [1.82, 2.24) is 15.1 Å². The molecule has 0 spiro atoms. The Bertz CT molecular complexity index is 1100. The number of rotatable bonds is 7. The van der Waals surface area contributed by atoms with Crippen LogP contribution in [0.2, 0.25) is 0 Å². The fraction of sp³-hybridized carbons (Fsp3) is 0.562. The summed E-state index contributed by atoms with van der Waals surface area (Å²) in [5.41, 5.74) is 4.31. The van der Waals surface area contributed by atoms with Crippen LogP contribution in [-0.4, -0.2) is 54.3 Å². The summed E-state index contributed by atoms with van der Waals surface area (Å²) in [5, 5.41) is 3.40. The molecule has 0 bridgehead atoms. The van der Waals surface area contributed by atoms with Crippen molar-refractivity contribution in [3.8, 4) is 0 Å². The van der Waals surface area contributed by atoms with E-state index in [1.165, 1.54) is 18.4 Å². The predicted molar refractivity (Wildman–Crippen MR) is 148 cm³/mol. The molecular formula is C32H43N3O2. The molecule has 5 nitrogen and oxygen atoms in total. The number of hydrogen-bond donors (Lipinski definition) is 1. The highest BCUT2D eigenvalue weighted by atomic mass is 16.2. The van der Waals surface area contributed by atoms with Crippen LogP contribution in [0.5, 0.6) is 0 Å². The van der Waals surface area contributed by atoms with Gasteiger partial charge >= 0.3 is 0 Å². The number of nitrogens with zero attached hydrogens (tertiary/aromatic N) is 2. The number of amides is 2. The molecule has 2 aliphatic heterocycles. The van der Waals surface area contributed by atoms with Gasteiger partial charge in [-0.25, -0.2) is 0 Å². The van der Waals surface area contributed by atoms with Gasteiger partial charge in [-0.15, -0.1) is 0 Å². The molecule has 3 aliphatic rings. The Hall–Kier alpha value is -2.66. The molecule has 1 N–H and O–H groups in total. The van der Waals surface area contributed by atoms with Gasteiger partial charge in [0, 0.05) is 55.0 Å². The van der Waals surface area contributed by atoms with E-state index in [2.05, 4.69) is 53.2 Å². The van der Waals surface area contributed by atoms with Crippen molar-refractivity contribution in [2.45, 2.75) is 65.8 Å². The van der Waals surface area contributed by atoms with Gasteiger partial charge in [0.2, 0.25) is 5.91 Å². The molecule has 37 heavy (non-hydrogen) atoms. The minimum absolute atomic E-state index is 0.0393. The number of fused-ring (bicyclic) bond motifs is 1. The average molecular weight is 502 g/mol.